The van der Waals surface area contributed by atoms with Crippen molar-refractivity contribution in [2.24, 2.45) is 5.92 Å². The van der Waals surface area contributed by atoms with Crippen LogP contribution in [0.15, 0.2) is 47.5 Å². The number of anilines is 1. The molecular weight excluding hydrogens is 498 g/mol. The van der Waals surface area contributed by atoms with Gasteiger partial charge in [0.05, 0.1) is 19.3 Å². The number of ether oxygens (including phenoxy) is 3. The molecule has 0 radical (unpaired) electrons. The topological polar surface area (TPSA) is 110 Å². The van der Waals surface area contributed by atoms with E-state index in [9.17, 15) is 9.59 Å². The van der Waals surface area contributed by atoms with Gasteiger partial charge in [0, 0.05) is 18.3 Å². The molecule has 0 saturated carbocycles. The smallest absolute Gasteiger partial charge is 0.271 e. The third-order valence-corrected chi connectivity index (χ3v) is 7.02. The number of hydrogen-bond donors (Lipinski definition) is 1. The lowest BCUT2D eigenvalue weighted by molar-refractivity contribution is -0.139. The van der Waals surface area contributed by atoms with Crippen LogP contribution in [-0.2, 0) is 33.7 Å². The van der Waals surface area contributed by atoms with Crippen molar-refractivity contribution in [2.75, 3.05) is 11.9 Å². The molecule has 208 valence electrons. The molecule has 1 saturated heterocycles. The maximum atomic E-state index is 13.3. The molecule has 2 atom stereocenters. The maximum absolute atomic E-state index is 13.3. The van der Waals surface area contributed by atoms with E-state index >= 15 is 0 Å². The highest BCUT2D eigenvalue weighted by Gasteiger charge is 2.33. The first-order chi connectivity index (χ1) is 18.7. The molecule has 1 amide bonds. The van der Waals surface area contributed by atoms with Crippen LogP contribution < -0.4 is 15.6 Å². The van der Waals surface area contributed by atoms with Crippen molar-refractivity contribution in [1.82, 2.24) is 19.6 Å². The molecular formula is C29H37N5O5. The largest absolute Gasteiger partial charge is 0.455 e. The number of carbonyl (C=O) groups is 1. The minimum atomic E-state index is -0.798. The maximum Gasteiger partial charge on any atom is 0.271 e. The van der Waals surface area contributed by atoms with E-state index in [4.69, 9.17) is 14.2 Å². The number of nitrogens with zero attached hydrogens (tertiary/aromatic N) is 4. The molecule has 2 aromatic heterocycles. The Bertz CT molecular complexity index is 1380. The van der Waals surface area contributed by atoms with Crippen molar-refractivity contribution in [2.45, 2.75) is 84.3 Å². The highest BCUT2D eigenvalue weighted by molar-refractivity contribution is 5.92. The van der Waals surface area contributed by atoms with Gasteiger partial charge < -0.3 is 19.5 Å². The first-order valence-electron chi connectivity index (χ1n) is 13.7. The number of fused-ring (bicyclic) bond motifs is 1. The van der Waals surface area contributed by atoms with Gasteiger partial charge >= 0.3 is 0 Å². The van der Waals surface area contributed by atoms with Gasteiger partial charge in [0.15, 0.2) is 17.4 Å². The minimum absolute atomic E-state index is 0.123. The fourth-order valence-electron chi connectivity index (χ4n) is 5.23. The number of amides is 1. The second-order valence-electron chi connectivity index (χ2n) is 11.2. The van der Waals surface area contributed by atoms with Gasteiger partial charge in [0.2, 0.25) is 0 Å². The van der Waals surface area contributed by atoms with Gasteiger partial charge in [-0.05, 0) is 69.1 Å². The summed E-state index contributed by atoms with van der Waals surface area (Å²) in [6, 6.07) is 8.36. The molecule has 39 heavy (non-hydrogen) atoms. The summed E-state index contributed by atoms with van der Waals surface area (Å²) in [7, 11) is 0. The van der Waals surface area contributed by atoms with Crippen LogP contribution in [0.5, 0.6) is 11.5 Å². The quantitative estimate of drug-likeness (QED) is 0.430. The van der Waals surface area contributed by atoms with E-state index in [1.165, 1.54) is 34.5 Å². The van der Waals surface area contributed by atoms with Crippen molar-refractivity contribution >= 4 is 11.7 Å². The number of nitrogens with one attached hydrogen (secondary N) is 1. The Morgan fingerprint density at radius 3 is 2.79 bits per heavy atom. The molecule has 0 bridgehead atoms. The van der Waals surface area contributed by atoms with E-state index in [0.29, 0.717) is 31.1 Å². The van der Waals surface area contributed by atoms with Crippen LogP contribution in [0.2, 0.25) is 0 Å². The molecule has 1 N–H and O–H groups in total. The Balaban J connectivity index is 1.29. The van der Waals surface area contributed by atoms with Gasteiger partial charge in [0.25, 0.3) is 11.5 Å². The van der Waals surface area contributed by atoms with Crippen molar-refractivity contribution in [3.05, 3.63) is 64.2 Å². The molecule has 1 unspecified atom stereocenters. The number of aryl methyl sites for hydroxylation is 1. The van der Waals surface area contributed by atoms with Gasteiger partial charge in [-0.1, -0.05) is 26.0 Å². The SMILES string of the molecule is CC(C)CC(C(=O)Nc1ccn(C[C@@H]2COC(C)(C)O2)n1)n1ncc(Oc2cccc3c2CCCC3)cc1=O. The lowest BCUT2D eigenvalue weighted by atomic mass is 9.91. The van der Waals surface area contributed by atoms with Crippen LogP contribution in [0.3, 0.4) is 0 Å². The zero-order valence-electron chi connectivity index (χ0n) is 23.1. The molecule has 5 rings (SSSR count). The summed E-state index contributed by atoms with van der Waals surface area (Å²) in [5.74, 6) is 0.710. The fraction of sp³-hybridized carbons (Fsp3) is 0.517. The molecule has 1 aliphatic carbocycles. The van der Waals surface area contributed by atoms with Crippen molar-refractivity contribution in [1.29, 1.82) is 0 Å². The molecule has 10 nitrogen and oxygen atoms in total. The van der Waals surface area contributed by atoms with Crippen LogP contribution in [0, 0.1) is 5.92 Å². The zero-order chi connectivity index (χ0) is 27.6. The second-order valence-corrected chi connectivity index (χ2v) is 11.2. The summed E-state index contributed by atoms with van der Waals surface area (Å²) in [4.78, 5) is 26.5. The van der Waals surface area contributed by atoms with E-state index in [-0.39, 0.29) is 17.9 Å². The standard InChI is InChI=1S/C29H37N5O5/c1-19(2)14-24(28(36)31-26-12-13-33(32-26)17-22-18-37-29(3,4)39-22)34-27(35)15-21(16-30-34)38-25-11-7-9-20-8-5-6-10-23(20)25/h7,9,11-13,15-16,19,22,24H,5-6,8,10,14,17-18H2,1-4H3,(H,31,32,36)/t22-,24?/m1/s1. The molecule has 3 aromatic rings. The molecule has 0 spiro atoms. The summed E-state index contributed by atoms with van der Waals surface area (Å²) in [5.41, 5.74) is 2.09. The van der Waals surface area contributed by atoms with Gasteiger partial charge in [-0.3, -0.25) is 14.3 Å². The molecule has 3 heterocycles. The zero-order valence-corrected chi connectivity index (χ0v) is 23.1. The van der Waals surface area contributed by atoms with E-state index in [2.05, 4.69) is 21.6 Å². The van der Waals surface area contributed by atoms with E-state index < -0.39 is 17.4 Å². The summed E-state index contributed by atoms with van der Waals surface area (Å²) in [5, 5.41) is 11.7. The normalized spacial score (nSPS) is 19.1. The van der Waals surface area contributed by atoms with E-state index in [1.807, 2.05) is 39.8 Å². The highest BCUT2D eigenvalue weighted by atomic mass is 16.7. The summed E-state index contributed by atoms with van der Waals surface area (Å²) in [6.45, 7) is 8.73. The molecule has 1 aromatic carbocycles. The summed E-state index contributed by atoms with van der Waals surface area (Å²) in [6.07, 6.45) is 7.90. The average molecular weight is 536 g/mol. The minimum Gasteiger partial charge on any atom is -0.455 e. The Hall–Kier alpha value is -3.50. The van der Waals surface area contributed by atoms with Crippen LogP contribution in [0.4, 0.5) is 5.82 Å². The molecule has 1 fully saturated rings. The predicted molar refractivity (Wildman–Crippen MR) is 146 cm³/mol. The van der Waals surface area contributed by atoms with Crippen LogP contribution in [-0.4, -0.2) is 44.0 Å². The molecule has 1 aliphatic heterocycles. The number of benzene rings is 1. The van der Waals surface area contributed by atoms with Crippen molar-refractivity contribution in [3.8, 4) is 11.5 Å². The Morgan fingerprint density at radius 2 is 2.05 bits per heavy atom. The van der Waals surface area contributed by atoms with Crippen LogP contribution in [0.25, 0.3) is 0 Å². The predicted octanol–water partition coefficient (Wildman–Crippen LogP) is 4.49. The number of aromatic nitrogens is 4. The monoisotopic (exact) mass is 535 g/mol. The number of hydrogen-bond acceptors (Lipinski definition) is 7. The van der Waals surface area contributed by atoms with Crippen LogP contribution >= 0.6 is 0 Å². The molecule has 2 aliphatic rings. The van der Waals surface area contributed by atoms with Crippen molar-refractivity contribution < 1.29 is 19.0 Å². The Kier molecular flexibility index (Phi) is 7.86. The van der Waals surface area contributed by atoms with Gasteiger partial charge in [-0.25, -0.2) is 4.68 Å². The number of rotatable bonds is 9. The van der Waals surface area contributed by atoms with Crippen LogP contribution in [0.1, 0.15) is 64.1 Å². The first kappa shape index (κ1) is 27.1. The summed E-state index contributed by atoms with van der Waals surface area (Å²) < 4.78 is 20.5. The second kappa shape index (κ2) is 11.3. The van der Waals surface area contributed by atoms with Crippen molar-refractivity contribution in [3.63, 3.8) is 0 Å². The Morgan fingerprint density at radius 1 is 1.23 bits per heavy atom. The lowest BCUT2D eigenvalue weighted by Crippen LogP contribution is -2.35. The Labute approximate surface area is 228 Å². The lowest BCUT2D eigenvalue weighted by Gasteiger charge is -2.21. The third kappa shape index (κ3) is 6.57. The fourth-order valence-corrected chi connectivity index (χ4v) is 5.23. The third-order valence-electron chi connectivity index (χ3n) is 7.02. The average Bonchev–Trinajstić information content (AvgIpc) is 3.47. The summed E-state index contributed by atoms with van der Waals surface area (Å²) >= 11 is 0. The van der Waals surface area contributed by atoms with Gasteiger partial charge in [-0.2, -0.15) is 10.2 Å². The highest BCUT2D eigenvalue weighted by Crippen LogP contribution is 2.32. The van der Waals surface area contributed by atoms with Gasteiger partial charge in [-0.15, -0.1) is 0 Å². The van der Waals surface area contributed by atoms with E-state index in [0.717, 1.165) is 25.0 Å². The van der Waals surface area contributed by atoms with Gasteiger partial charge in [0.1, 0.15) is 17.9 Å². The van der Waals surface area contributed by atoms with E-state index in [1.54, 1.807) is 16.9 Å². The number of carbonyl (C=O) groups excluding carboxylic acids is 1. The molecule has 10 heteroatoms. The first-order valence-corrected chi connectivity index (χ1v) is 13.7.